The van der Waals surface area contributed by atoms with Crippen molar-refractivity contribution in [2.75, 3.05) is 30.7 Å². The first-order chi connectivity index (χ1) is 12.2. The van der Waals surface area contributed by atoms with Gasteiger partial charge in [0.15, 0.2) is 0 Å². The van der Waals surface area contributed by atoms with E-state index in [-0.39, 0.29) is 11.8 Å². The molecule has 25 heavy (non-hydrogen) atoms. The van der Waals surface area contributed by atoms with Crippen LogP contribution in [0.1, 0.15) is 15.9 Å². The fourth-order valence-electron chi connectivity index (χ4n) is 2.78. The van der Waals surface area contributed by atoms with Gasteiger partial charge in [0.05, 0.1) is 11.4 Å². The molecule has 2 amide bonds. The van der Waals surface area contributed by atoms with Crippen molar-refractivity contribution in [3.05, 3.63) is 59.7 Å². The van der Waals surface area contributed by atoms with E-state index in [1.54, 1.807) is 11.0 Å². The summed E-state index contributed by atoms with van der Waals surface area (Å²) < 4.78 is 0. The predicted octanol–water partition coefficient (Wildman–Crippen LogP) is 2.37. The Balaban J connectivity index is 1.73. The smallest absolute Gasteiger partial charge is 0.253 e. The van der Waals surface area contributed by atoms with Crippen LogP contribution < -0.4 is 11.1 Å². The lowest BCUT2D eigenvalue weighted by Gasteiger charge is -2.23. The standard InChI is InChI=1S/C19H21N3O2S/c20-9-11-22(10-8-14-4-2-1-3-5-14)19(24)15-6-7-17-16(12-15)21-18(23)13-25-17/h1-7,12H,8-11,13,20H2,(H,21,23). The van der Waals surface area contributed by atoms with E-state index in [0.717, 1.165) is 11.3 Å². The zero-order valence-corrected chi connectivity index (χ0v) is 14.7. The lowest BCUT2D eigenvalue weighted by molar-refractivity contribution is -0.113. The number of thioether (sulfide) groups is 1. The van der Waals surface area contributed by atoms with Crippen LogP contribution in [0.4, 0.5) is 5.69 Å². The number of nitrogens with zero attached hydrogens (tertiary/aromatic N) is 1. The first-order valence-corrected chi connectivity index (χ1v) is 9.26. The minimum absolute atomic E-state index is 0.0370. The van der Waals surface area contributed by atoms with Crippen LogP contribution in [0, 0.1) is 0 Å². The fourth-order valence-corrected chi connectivity index (χ4v) is 3.57. The van der Waals surface area contributed by atoms with Gasteiger partial charge in [-0.2, -0.15) is 0 Å². The molecule has 0 saturated heterocycles. The van der Waals surface area contributed by atoms with E-state index in [1.165, 1.54) is 17.3 Å². The van der Waals surface area contributed by atoms with Crippen LogP contribution in [0.3, 0.4) is 0 Å². The number of rotatable bonds is 6. The van der Waals surface area contributed by atoms with E-state index in [2.05, 4.69) is 17.4 Å². The number of benzene rings is 2. The summed E-state index contributed by atoms with van der Waals surface area (Å²) in [4.78, 5) is 27.2. The first kappa shape index (κ1) is 17.5. The molecule has 0 saturated carbocycles. The Kier molecular flexibility index (Phi) is 5.73. The number of nitrogens with two attached hydrogens (primary N) is 1. The molecule has 3 rings (SSSR count). The van der Waals surface area contributed by atoms with Crippen molar-refractivity contribution >= 4 is 29.3 Å². The molecular weight excluding hydrogens is 334 g/mol. The molecule has 3 N–H and O–H groups in total. The second-order valence-electron chi connectivity index (χ2n) is 5.86. The topological polar surface area (TPSA) is 75.4 Å². The van der Waals surface area contributed by atoms with Crippen molar-refractivity contribution in [2.45, 2.75) is 11.3 Å². The van der Waals surface area contributed by atoms with Crippen LogP contribution in [-0.4, -0.2) is 42.1 Å². The second-order valence-corrected chi connectivity index (χ2v) is 6.88. The van der Waals surface area contributed by atoms with Crippen LogP contribution in [0.25, 0.3) is 0 Å². The van der Waals surface area contributed by atoms with Gasteiger partial charge in [0.25, 0.3) is 5.91 Å². The highest BCUT2D eigenvalue weighted by molar-refractivity contribution is 8.00. The van der Waals surface area contributed by atoms with Gasteiger partial charge in [-0.05, 0) is 30.2 Å². The Morgan fingerprint density at radius 2 is 1.96 bits per heavy atom. The van der Waals surface area contributed by atoms with Crippen molar-refractivity contribution in [2.24, 2.45) is 5.73 Å². The summed E-state index contributed by atoms with van der Waals surface area (Å²) in [6, 6.07) is 15.5. The van der Waals surface area contributed by atoms with Crippen molar-refractivity contribution in [3.63, 3.8) is 0 Å². The maximum absolute atomic E-state index is 12.9. The molecule has 6 heteroatoms. The summed E-state index contributed by atoms with van der Waals surface area (Å²) in [5.74, 6) is 0.315. The van der Waals surface area contributed by atoms with Gasteiger partial charge < -0.3 is 16.0 Å². The summed E-state index contributed by atoms with van der Waals surface area (Å²) in [6.45, 7) is 1.53. The average molecular weight is 355 g/mol. The molecule has 0 atom stereocenters. The van der Waals surface area contributed by atoms with Crippen molar-refractivity contribution < 1.29 is 9.59 Å². The van der Waals surface area contributed by atoms with Crippen LogP contribution in [0.2, 0.25) is 0 Å². The molecule has 1 aliphatic heterocycles. The van der Waals surface area contributed by atoms with Crippen LogP contribution >= 0.6 is 11.8 Å². The normalized spacial score (nSPS) is 13.1. The largest absolute Gasteiger partial charge is 0.337 e. The van der Waals surface area contributed by atoms with Crippen molar-refractivity contribution in [1.82, 2.24) is 4.90 Å². The Hall–Kier alpha value is -2.31. The number of nitrogens with one attached hydrogen (secondary N) is 1. The van der Waals surface area contributed by atoms with E-state index in [1.807, 2.05) is 30.3 Å². The average Bonchev–Trinajstić information content (AvgIpc) is 2.64. The van der Waals surface area contributed by atoms with Gasteiger partial charge in [-0.3, -0.25) is 9.59 Å². The zero-order valence-electron chi connectivity index (χ0n) is 13.9. The molecule has 1 aliphatic rings. The lowest BCUT2D eigenvalue weighted by Crippen LogP contribution is -2.37. The van der Waals surface area contributed by atoms with Gasteiger partial charge in [0, 0.05) is 30.1 Å². The molecule has 0 aliphatic carbocycles. The van der Waals surface area contributed by atoms with E-state index in [4.69, 9.17) is 5.73 Å². The van der Waals surface area contributed by atoms with E-state index in [9.17, 15) is 9.59 Å². The zero-order chi connectivity index (χ0) is 17.6. The highest BCUT2D eigenvalue weighted by Crippen LogP contribution is 2.32. The van der Waals surface area contributed by atoms with Crippen LogP contribution in [0.5, 0.6) is 0 Å². The SMILES string of the molecule is NCCN(CCc1ccccc1)C(=O)c1ccc2c(c1)NC(=O)CS2. The Bertz CT molecular complexity index is 765. The predicted molar refractivity (Wildman–Crippen MR) is 101 cm³/mol. The Labute approximate surface area is 151 Å². The number of hydrogen-bond donors (Lipinski definition) is 2. The van der Waals surface area contributed by atoms with Gasteiger partial charge in [-0.1, -0.05) is 30.3 Å². The van der Waals surface area contributed by atoms with Gasteiger partial charge in [-0.25, -0.2) is 0 Å². The molecule has 130 valence electrons. The molecule has 0 radical (unpaired) electrons. The molecule has 2 aromatic rings. The molecule has 5 nitrogen and oxygen atoms in total. The number of carbonyl (C=O) groups excluding carboxylic acids is 2. The van der Waals surface area contributed by atoms with Gasteiger partial charge in [0.1, 0.15) is 0 Å². The Morgan fingerprint density at radius 3 is 2.72 bits per heavy atom. The molecule has 0 unspecified atom stereocenters. The molecule has 0 bridgehead atoms. The lowest BCUT2D eigenvalue weighted by atomic mass is 10.1. The van der Waals surface area contributed by atoms with Crippen molar-refractivity contribution in [1.29, 1.82) is 0 Å². The maximum Gasteiger partial charge on any atom is 0.253 e. The van der Waals surface area contributed by atoms with Crippen molar-refractivity contribution in [3.8, 4) is 0 Å². The molecular formula is C19H21N3O2S. The molecule has 0 fully saturated rings. The van der Waals surface area contributed by atoms with Gasteiger partial charge >= 0.3 is 0 Å². The summed E-state index contributed by atoms with van der Waals surface area (Å²) in [6.07, 6.45) is 0.782. The summed E-state index contributed by atoms with van der Waals surface area (Å²) in [5, 5.41) is 2.83. The van der Waals surface area contributed by atoms with E-state index in [0.29, 0.717) is 36.6 Å². The number of carbonyl (C=O) groups is 2. The third-order valence-electron chi connectivity index (χ3n) is 4.06. The highest BCUT2D eigenvalue weighted by Gasteiger charge is 2.20. The summed E-state index contributed by atoms with van der Waals surface area (Å²) >= 11 is 1.49. The van der Waals surface area contributed by atoms with E-state index >= 15 is 0 Å². The van der Waals surface area contributed by atoms with Gasteiger partial charge in [-0.15, -0.1) is 11.8 Å². The Morgan fingerprint density at radius 1 is 1.16 bits per heavy atom. The molecule has 2 aromatic carbocycles. The molecule has 1 heterocycles. The van der Waals surface area contributed by atoms with E-state index < -0.39 is 0 Å². The maximum atomic E-state index is 12.9. The fraction of sp³-hybridized carbons (Fsp3) is 0.263. The second kappa shape index (κ2) is 8.18. The quantitative estimate of drug-likeness (QED) is 0.834. The third kappa shape index (κ3) is 4.41. The van der Waals surface area contributed by atoms with Crippen LogP contribution in [-0.2, 0) is 11.2 Å². The monoisotopic (exact) mass is 355 g/mol. The number of amides is 2. The third-order valence-corrected chi connectivity index (χ3v) is 5.13. The molecule has 0 aromatic heterocycles. The number of anilines is 1. The first-order valence-electron chi connectivity index (χ1n) is 8.27. The summed E-state index contributed by atoms with van der Waals surface area (Å²) in [7, 11) is 0. The van der Waals surface area contributed by atoms with Crippen LogP contribution in [0.15, 0.2) is 53.4 Å². The van der Waals surface area contributed by atoms with Gasteiger partial charge in [0.2, 0.25) is 5.91 Å². The molecule has 0 spiro atoms. The minimum atomic E-state index is -0.0611. The summed E-state index contributed by atoms with van der Waals surface area (Å²) in [5.41, 5.74) is 8.16. The number of fused-ring (bicyclic) bond motifs is 1. The minimum Gasteiger partial charge on any atom is -0.337 e. The highest BCUT2D eigenvalue weighted by atomic mass is 32.2. The number of hydrogen-bond acceptors (Lipinski definition) is 4.